The summed E-state index contributed by atoms with van der Waals surface area (Å²) in [5, 5.41) is 11.9. The van der Waals surface area contributed by atoms with Crippen molar-refractivity contribution in [3.05, 3.63) is 28.8 Å². The van der Waals surface area contributed by atoms with Crippen LogP contribution in [0.25, 0.3) is 0 Å². The quantitative estimate of drug-likeness (QED) is 0.908. The van der Waals surface area contributed by atoms with Crippen molar-refractivity contribution in [1.82, 2.24) is 4.31 Å². The molecule has 0 bridgehead atoms. The van der Waals surface area contributed by atoms with Crippen molar-refractivity contribution in [2.75, 3.05) is 24.7 Å². The second-order valence-corrected chi connectivity index (χ2v) is 7.62. The number of hydrogen-bond acceptors (Lipinski definition) is 4. The number of anilines is 1. The van der Waals surface area contributed by atoms with Gasteiger partial charge in [0.2, 0.25) is 15.9 Å². The maximum absolute atomic E-state index is 12.2. The van der Waals surface area contributed by atoms with E-state index in [9.17, 15) is 13.2 Å². The monoisotopic (exact) mass is 341 g/mol. The fourth-order valence-electron chi connectivity index (χ4n) is 2.38. The molecule has 0 aromatic heterocycles. The van der Waals surface area contributed by atoms with Crippen molar-refractivity contribution in [1.29, 1.82) is 5.26 Å². The largest absolute Gasteiger partial charge is 0.326 e. The van der Waals surface area contributed by atoms with Gasteiger partial charge in [-0.25, -0.2) is 12.7 Å². The smallest absolute Gasteiger partial charge is 0.227 e. The fourth-order valence-corrected chi connectivity index (χ4v) is 3.47. The van der Waals surface area contributed by atoms with Crippen molar-refractivity contribution in [3.63, 3.8) is 0 Å². The first-order valence-corrected chi connectivity index (χ1v) is 8.99. The number of halogens is 1. The molecule has 1 heterocycles. The van der Waals surface area contributed by atoms with Crippen LogP contribution in [0.4, 0.5) is 5.69 Å². The Morgan fingerprint density at radius 3 is 2.55 bits per heavy atom. The third-order valence-electron chi connectivity index (χ3n) is 3.65. The summed E-state index contributed by atoms with van der Waals surface area (Å²) >= 11 is 5.92. The Kier molecular flexibility index (Phi) is 5.06. The minimum absolute atomic E-state index is 0.158. The molecule has 118 valence electrons. The lowest BCUT2D eigenvalue weighted by Gasteiger charge is -2.29. The van der Waals surface area contributed by atoms with Gasteiger partial charge in [0.15, 0.2) is 0 Å². The number of piperidine rings is 1. The SMILES string of the molecule is CS(=O)(=O)N1CCC(C(=O)Nc2ccc(C#N)c(Cl)c2)CC1. The first kappa shape index (κ1) is 16.7. The number of sulfonamides is 1. The third kappa shape index (κ3) is 3.97. The summed E-state index contributed by atoms with van der Waals surface area (Å²) in [4.78, 5) is 12.2. The highest BCUT2D eigenvalue weighted by atomic mass is 35.5. The molecule has 6 nitrogen and oxygen atoms in total. The molecule has 1 fully saturated rings. The molecule has 0 atom stereocenters. The Bertz CT molecular complexity index is 719. The zero-order chi connectivity index (χ0) is 16.3. The maximum atomic E-state index is 12.2. The van der Waals surface area contributed by atoms with Crippen LogP contribution in [0.5, 0.6) is 0 Å². The summed E-state index contributed by atoms with van der Waals surface area (Å²) in [6, 6.07) is 6.65. The van der Waals surface area contributed by atoms with E-state index in [1.807, 2.05) is 6.07 Å². The average molecular weight is 342 g/mol. The van der Waals surface area contributed by atoms with E-state index >= 15 is 0 Å². The molecule has 8 heteroatoms. The lowest BCUT2D eigenvalue weighted by atomic mass is 9.97. The molecule has 0 unspecified atom stereocenters. The van der Waals surface area contributed by atoms with Gasteiger partial charge in [-0.3, -0.25) is 4.79 Å². The molecule has 0 aliphatic carbocycles. The van der Waals surface area contributed by atoms with Crippen LogP contribution in [-0.4, -0.2) is 38.0 Å². The summed E-state index contributed by atoms with van der Waals surface area (Å²) in [6.45, 7) is 0.704. The van der Waals surface area contributed by atoms with Crippen LogP contribution in [-0.2, 0) is 14.8 Å². The molecule has 1 amide bonds. The summed E-state index contributed by atoms with van der Waals surface area (Å²) in [5.74, 6) is -0.388. The number of amides is 1. The van der Waals surface area contributed by atoms with E-state index in [0.717, 1.165) is 0 Å². The van der Waals surface area contributed by atoms with Crippen LogP contribution in [0.1, 0.15) is 18.4 Å². The minimum atomic E-state index is -3.19. The Balaban J connectivity index is 1.97. The van der Waals surface area contributed by atoms with Crippen LogP contribution in [0.3, 0.4) is 0 Å². The Morgan fingerprint density at radius 1 is 1.41 bits per heavy atom. The first-order valence-electron chi connectivity index (χ1n) is 6.77. The van der Waals surface area contributed by atoms with E-state index in [1.54, 1.807) is 12.1 Å². The van der Waals surface area contributed by atoms with E-state index < -0.39 is 10.0 Å². The van der Waals surface area contributed by atoms with Crippen LogP contribution in [0, 0.1) is 17.2 Å². The van der Waals surface area contributed by atoms with Gasteiger partial charge in [0.25, 0.3) is 0 Å². The summed E-state index contributed by atoms with van der Waals surface area (Å²) < 4.78 is 24.3. The molecule has 0 radical (unpaired) electrons. The lowest BCUT2D eigenvalue weighted by molar-refractivity contribution is -0.120. The van der Waals surface area contributed by atoms with Gasteiger partial charge in [-0.1, -0.05) is 11.6 Å². The van der Waals surface area contributed by atoms with Crippen LogP contribution in [0.15, 0.2) is 18.2 Å². The van der Waals surface area contributed by atoms with Gasteiger partial charge in [0.05, 0.1) is 16.8 Å². The van der Waals surface area contributed by atoms with E-state index in [0.29, 0.717) is 37.2 Å². The van der Waals surface area contributed by atoms with Crippen molar-refractivity contribution in [2.24, 2.45) is 5.92 Å². The standard InChI is InChI=1S/C14H16ClN3O3S/c1-22(20,21)18-6-4-10(5-7-18)14(19)17-12-3-2-11(9-16)13(15)8-12/h2-3,8,10H,4-7H2,1H3,(H,17,19). The second kappa shape index (κ2) is 6.65. The molecule has 0 spiro atoms. The average Bonchev–Trinajstić information content (AvgIpc) is 2.46. The Labute approximate surface area is 134 Å². The summed E-state index contributed by atoms with van der Waals surface area (Å²) in [7, 11) is -3.19. The first-order chi connectivity index (χ1) is 10.3. The number of benzene rings is 1. The molecule has 1 aliphatic heterocycles. The molecule has 0 saturated carbocycles. The van der Waals surface area contributed by atoms with E-state index in [1.165, 1.54) is 16.6 Å². The van der Waals surface area contributed by atoms with E-state index in [4.69, 9.17) is 16.9 Å². The number of hydrogen-bond donors (Lipinski definition) is 1. The molecule has 1 aromatic carbocycles. The van der Waals surface area contributed by atoms with Gasteiger partial charge in [0.1, 0.15) is 6.07 Å². The van der Waals surface area contributed by atoms with Crippen molar-refractivity contribution >= 4 is 33.2 Å². The predicted molar refractivity (Wildman–Crippen MR) is 83.9 cm³/mol. The minimum Gasteiger partial charge on any atom is -0.326 e. The highest BCUT2D eigenvalue weighted by molar-refractivity contribution is 7.88. The molecule has 1 N–H and O–H groups in total. The zero-order valence-corrected chi connectivity index (χ0v) is 13.6. The van der Waals surface area contributed by atoms with Gasteiger partial charge in [0, 0.05) is 24.7 Å². The second-order valence-electron chi connectivity index (χ2n) is 5.23. The van der Waals surface area contributed by atoms with Crippen LogP contribution in [0.2, 0.25) is 5.02 Å². The highest BCUT2D eigenvalue weighted by Crippen LogP contribution is 2.23. The molecule has 2 rings (SSSR count). The van der Waals surface area contributed by atoms with Gasteiger partial charge in [-0.2, -0.15) is 5.26 Å². The Morgan fingerprint density at radius 2 is 2.05 bits per heavy atom. The van der Waals surface area contributed by atoms with Crippen molar-refractivity contribution in [3.8, 4) is 6.07 Å². The number of nitriles is 1. The summed E-state index contributed by atoms with van der Waals surface area (Å²) in [6.07, 6.45) is 2.15. The van der Waals surface area contributed by atoms with E-state index in [-0.39, 0.29) is 16.8 Å². The molecule has 1 aliphatic rings. The number of carbonyl (C=O) groups is 1. The third-order valence-corrected chi connectivity index (χ3v) is 5.27. The van der Waals surface area contributed by atoms with Crippen LogP contribution >= 0.6 is 11.6 Å². The molecule has 1 aromatic rings. The predicted octanol–water partition coefficient (Wildman–Crippen LogP) is 1.82. The number of nitrogens with zero attached hydrogens (tertiary/aromatic N) is 2. The number of rotatable bonds is 3. The molecule has 22 heavy (non-hydrogen) atoms. The zero-order valence-electron chi connectivity index (χ0n) is 12.0. The Hall–Kier alpha value is -1.62. The normalized spacial score (nSPS) is 17.0. The van der Waals surface area contributed by atoms with Crippen molar-refractivity contribution in [2.45, 2.75) is 12.8 Å². The maximum Gasteiger partial charge on any atom is 0.227 e. The molecular formula is C14H16ClN3O3S. The fraction of sp³-hybridized carbons (Fsp3) is 0.429. The molecular weight excluding hydrogens is 326 g/mol. The number of nitrogens with one attached hydrogen (secondary N) is 1. The topological polar surface area (TPSA) is 90.3 Å². The van der Waals surface area contributed by atoms with Gasteiger partial charge in [-0.15, -0.1) is 0 Å². The van der Waals surface area contributed by atoms with Crippen molar-refractivity contribution < 1.29 is 13.2 Å². The lowest BCUT2D eigenvalue weighted by Crippen LogP contribution is -2.40. The highest BCUT2D eigenvalue weighted by Gasteiger charge is 2.28. The van der Waals surface area contributed by atoms with Gasteiger partial charge in [-0.05, 0) is 31.0 Å². The van der Waals surface area contributed by atoms with Gasteiger partial charge < -0.3 is 5.32 Å². The van der Waals surface area contributed by atoms with E-state index in [2.05, 4.69) is 5.32 Å². The molecule has 1 saturated heterocycles. The summed E-state index contributed by atoms with van der Waals surface area (Å²) in [5.41, 5.74) is 0.876. The number of carbonyl (C=O) groups excluding carboxylic acids is 1. The van der Waals surface area contributed by atoms with Gasteiger partial charge >= 0.3 is 0 Å². The van der Waals surface area contributed by atoms with Crippen LogP contribution < -0.4 is 5.32 Å².